The van der Waals surface area contributed by atoms with Crippen LogP contribution in [0, 0.1) is 4.77 Å². The summed E-state index contributed by atoms with van der Waals surface area (Å²) in [7, 11) is 0. The summed E-state index contributed by atoms with van der Waals surface area (Å²) in [5.41, 5.74) is 0.865. The Morgan fingerprint density at radius 2 is 2.10 bits per heavy atom. The highest BCUT2D eigenvalue weighted by molar-refractivity contribution is 7.71. The molecule has 0 aliphatic carbocycles. The van der Waals surface area contributed by atoms with Gasteiger partial charge in [-0.25, -0.2) is 0 Å². The first-order valence-corrected chi connectivity index (χ1v) is 11.7. The zero-order valence-electron chi connectivity index (χ0n) is 17.6. The van der Waals surface area contributed by atoms with E-state index in [2.05, 4.69) is 22.2 Å². The van der Waals surface area contributed by atoms with E-state index < -0.39 is 0 Å². The van der Waals surface area contributed by atoms with E-state index in [-0.39, 0.29) is 6.10 Å². The Morgan fingerprint density at radius 3 is 2.83 bits per heavy atom. The normalized spacial score (nSPS) is 16.5. The van der Waals surface area contributed by atoms with E-state index in [1.165, 1.54) is 38.5 Å². The number of H-pyrrole nitrogens is 1. The lowest BCUT2D eigenvalue weighted by atomic mass is 10.1. The van der Waals surface area contributed by atoms with Gasteiger partial charge >= 0.3 is 0 Å². The SMILES string of the molecule is CCCCCCCCCOc1ccc(/C=N\n2c(C3CCCO3)n[nH]c2=S)cc1Cl. The summed E-state index contributed by atoms with van der Waals surface area (Å²) < 4.78 is 13.6. The smallest absolute Gasteiger partial charge is 0.216 e. The maximum atomic E-state index is 6.40. The quantitative estimate of drug-likeness (QED) is 0.229. The number of aromatic nitrogens is 3. The number of nitrogens with one attached hydrogen (secondary N) is 1. The molecule has 0 saturated carbocycles. The topological polar surface area (TPSA) is 64.4 Å². The van der Waals surface area contributed by atoms with Gasteiger partial charge in [0.25, 0.3) is 0 Å². The fourth-order valence-electron chi connectivity index (χ4n) is 3.49. The van der Waals surface area contributed by atoms with E-state index in [1.807, 2.05) is 18.2 Å². The van der Waals surface area contributed by atoms with E-state index in [9.17, 15) is 0 Å². The Morgan fingerprint density at radius 1 is 1.30 bits per heavy atom. The molecule has 6 nitrogen and oxygen atoms in total. The number of nitrogens with zero attached hydrogens (tertiary/aromatic N) is 3. The van der Waals surface area contributed by atoms with Crippen LogP contribution >= 0.6 is 23.8 Å². The van der Waals surface area contributed by atoms with Crippen molar-refractivity contribution >= 4 is 30.0 Å². The van der Waals surface area contributed by atoms with E-state index in [0.29, 0.717) is 28.0 Å². The molecule has 1 N–H and O–H groups in total. The third kappa shape index (κ3) is 6.65. The van der Waals surface area contributed by atoms with Crippen molar-refractivity contribution in [2.45, 2.75) is 70.8 Å². The van der Waals surface area contributed by atoms with Crippen molar-refractivity contribution < 1.29 is 9.47 Å². The van der Waals surface area contributed by atoms with Crippen LogP contribution in [0.1, 0.15) is 82.2 Å². The molecule has 0 radical (unpaired) electrons. The average molecular weight is 451 g/mol. The van der Waals surface area contributed by atoms with Gasteiger partial charge in [-0.15, -0.1) is 0 Å². The molecule has 0 amide bonds. The number of unbranched alkanes of at least 4 members (excludes halogenated alkanes) is 6. The summed E-state index contributed by atoms with van der Waals surface area (Å²) in [6.07, 6.45) is 12.4. The van der Waals surface area contributed by atoms with Crippen LogP contribution in [0.25, 0.3) is 0 Å². The first-order valence-electron chi connectivity index (χ1n) is 10.9. The van der Waals surface area contributed by atoms with E-state index >= 15 is 0 Å². The maximum absolute atomic E-state index is 6.40. The molecule has 2 heterocycles. The predicted octanol–water partition coefficient (Wildman–Crippen LogP) is 6.46. The average Bonchev–Trinajstić information content (AvgIpc) is 3.39. The molecule has 1 aliphatic heterocycles. The highest BCUT2D eigenvalue weighted by Crippen LogP contribution is 2.27. The van der Waals surface area contributed by atoms with Gasteiger partial charge in [-0.1, -0.05) is 57.0 Å². The molecule has 8 heteroatoms. The number of benzene rings is 1. The van der Waals surface area contributed by atoms with Gasteiger partial charge in [0, 0.05) is 6.61 Å². The number of hydrogen-bond acceptors (Lipinski definition) is 5. The second kappa shape index (κ2) is 12.2. The Hall–Kier alpha value is -1.70. The molecule has 1 fully saturated rings. The van der Waals surface area contributed by atoms with Gasteiger partial charge in [0.2, 0.25) is 4.77 Å². The number of aromatic amines is 1. The second-order valence-electron chi connectivity index (χ2n) is 7.60. The fraction of sp³-hybridized carbons (Fsp3) is 0.591. The summed E-state index contributed by atoms with van der Waals surface area (Å²) in [5, 5.41) is 12.1. The van der Waals surface area contributed by atoms with Crippen molar-refractivity contribution in [2.24, 2.45) is 5.10 Å². The van der Waals surface area contributed by atoms with Crippen LogP contribution in [0.3, 0.4) is 0 Å². The molecule has 30 heavy (non-hydrogen) atoms. The number of halogens is 1. The van der Waals surface area contributed by atoms with Gasteiger partial charge < -0.3 is 9.47 Å². The van der Waals surface area contributed by atoms with E-state index in [1.54, 1.807) is 10.9 Å². The summed E-state index contributed by atoms with van der Waals surface area (Å²) in [6.45, 7) is 3.67. The maximum Gasteiger partial charge on any atom is 0.216 e. The minimum atomic E-state index is -0.0684. The molecule has 164 valence electrons. The number of ether oxygens (including phenoxy) is 2. The highest BCUT2D eigenvalue weighted by atomic mass is 35.5. The van der Waals surface area contributed by atoms with Crippen molar-refractivity contribution in [1.82, 2.24) is 14.9 Å². The first-order chi connectivity index (χ1) is 14.7. The molecule has 1 atom stereocenters. The van der Waals surface area contributed by atoms with Crippen LogP contribution in [-0.4, -0.2) is 34.3 Å². The largest absolute Gasteiger partial charge is 0.492 e. The van der Waals surface area contributed by atoms with Crippen LogP contribution in [0.2, 0.25) is 5.02 Å². The molecule has 1 aliphatic rings. The zero-order valence-corrected chi connectivity index (χ0v) is 19.2. The van der Waals surface area contributed by atoms with Crippen molar-refractivity contribution in [1.29, 1.82) is 0 Å². The van der Waals surface area contributed by atoms with Crippen molar-refractivity contribution in [2.75, 3.05) is 13.2 Å². The predicted molar refractivity (Wildman–Crippen MR) is 123 cm³/mol. The lowest BCUT2D eigenvalue weighted by Crippen LogP contribution is -2.05. The third-order valence-corrected chi connectivity index (χ3v) is 5.74. The van der Waals surface area contributed by atoms with E-state index in [4.69, 9.17) is 33.3 Å². The van der Waals surface area contributed by atoms with Gasteiger partial charge in [0.05, 0.1) is 17.8 Å². The first kappa shape index (κ1) is 23.0. The lowest BCUT2D eigenvalue weighted by Gasteiger charge is -2.09. The van der Waals surface area contributed by atoms with Crippen LogP contribution in [0.5, 0.6) is 5.75 Å². The molecule has 1 saturated heterocycles. The molecular weight excluding hydrogens is 420 g/mol. The molecule has 2 aromatic rings. The van der Waals surface area contributed by atoms with Crippen molar-refractivity contribution in [3.05, 3.63) is 39.4 Å². The third-order valence-electron chi connectivity index (χ3n) is 5.18. The Labute approximate surface area is 188 Å². The summed E-state index contributed by atoms with van der Waals surface area (Å²) in [4.78, 5) is 0. The summed E-state index contributed by atoms with van der Waals surface area (Å²) >= 11 is 11.7. The van der Waals surface area contributed by atoms with Gasteiger partial charge in [-0.3, -0.25) is 5.10 Å². The molecule has 3 rings (SSSR count). The Bertz CT molecular complexity index is 874. The van der Waals surface area contributed by atoms with Crippen LogP contribution in [-0.2, 0) is 4.74 Å². The molecular formula is C22H31ClN4O2S. The molecule has 0 spiro atoms. The zero-order chi connectivity index (χ0) is 21.2. The van der Waals surface area contributed by atoms with Gasteiger partial charge in [0.15, 0.2) is 5.82 Å². The van der Waals surface area contributed by atoms with Crippen LogP contribution < -0.4 is 4.74 Å². The summed E-state index contributed by atoms with van der Waals surface area (Å²) in [6, 6.07) is 5.67. The minimum absolute atomic E-state index is 0.0684. The molecule has 0 bridgehead atoms. The number of hydrogen-bond donors (Lipinski definition) is 1. The molecule has 1 aromatic heterocycles. The lowest BCUT2D eigenvalue weighted by molar-refractivity contribution is 0.102. The second-order valence-corrected chi connectivity index (χ2v) is 8.40. The van der Waals surface area contributed by atoms with E-state index in [0.717, 1.165) is 31.4 Å². The summed E-state index contributed by atoms with van der Waals surface area (Å²) in [5.74, 6) is 1.41. The van der Waals surface area contributed by atoms with Crippen LogP contribution in [0.4, 0.5) is 0 Å². The minimum Gasteiger partial charge on any atom is -0.492 e. The standard InChI is InChI=1S/C22H31ClN4O2S/c1-2-3-4-5-6-7-8-13-28-19-12-11-17(15-18(19)23)16-24-27-21(25-26-22(27)30)20-10-9-14-29-20/h11-12,15-16,20H,2-10,13-14H2,1H3,(H,26,30)/b24-16-. The Balaban J connectivity index is 1.51. The van der Waals surface area contributed by atoms with Gasteiger partial charge in [0.1, 0.15) is 11.9 Å². The van der Waals surface area contributed by atoms with Gasteiger partial charge in [-0.2, -0.15) is 14.9 Å². The molecule has 1 aromatic carbocycles. The fourth-order valence-corrected chi connectivity index (χ4v) is 3.92. The van der Waals surface area contributed by atoms with Crippen molar-refractivity contribution in [3.63, 3.8) is 0 Å². The van der Waals surface area contributed by atoms with Gasteiger partial charge in [-0.05, 0) is 55.2 Å². The highest BCUT2D eigenvalue weighted by Gasteiger charge is 2.23. The van der Waals surface area contributed by atoms with Crippen molar-refractivity contribution in [3.8, 4) is 5.75 Å². The monoisotopic (exact) mass is 450 g/mol. The van der Waals surface area contributed by atoms with Crippen LogP contribution in [0.15, 0.2) is 23.3 Å². The molecule has 1 unspecified atom stereocenters. The Kier molecular flexibility index (Phi) is 9.36. The number of rotatable bonds is 12.